The van der Waals surface area contributed by atoms with Crippen LogP contribution in [0.3, 0.4) is 0 Å². The van der Waals surface area contributed by atoms with E-state index in [0.717, 1.165) is 25.0 Å². The highest BCUT2D eigenvalue weighted by Crippen LogP contribution is 2.38. The average molecular weight is 266 g/mol. The number of fused-ring (bicyclic) bond motifs is 1. The van der Waals surface area contributed by atoms with Crippen molar-refractivity contribution in [3.63, 3.8) is 0 Å². The molecule has 1 aromatic carbocycles. The molecule has 0 aromatic heterocycles. The van der Waals surface area contributed by atoms with E-state index in [4.69, 9.17) is 16.3 Å². The van der Waals surface area contributed by atoms with E-state index in [1.807, 2.05) is 19.1 Å². The first kappa shape index (κ1) is 12.0. The molecule has 1 N–H and O–H groups in total. The van der Waals surface area contributed by atoms with Gasteiger partial charge in [0.15, 0.2) is 0 Å². The number of aryl methyl sites for hydroxylation is 1. The third-order valence-electron chi connectivity index (χ3n) is 4.03. The minimum Gasteiger partial charge on any atom is -0.378 e. The monoisotopic (exact) mass is 265 g/mol. The summed E-state index contributed by atoms with van der Waals surface area (Å²) in [5, 5.41) is 3.60. The molecule has 3 atom stereocenters. The van der Waals surface area contributed by atoms with Crippen LogP contribution in [-0.4, -0.2) is 24.7 Å². The summed E-state index contributed by atoms with van der Waals surface area (Å²) in [5.74, 6) is 0.435. The lowest BCUT2D eigenvalue weighted by Gasteiger charge is -2.39. The Balaban J connectivity index is 1.72. The van der Waals surface area contributed by atoms with Gasteiger partial charge in [0, 0.05) is 18.6 Å². The third kappa shape index (κ3) is 1.91. The van der Waals surface area contributed by atoms with Crippen LogP contribution in [0.25, 0.3) is 0 Å². The highest BCUT2D eigenvalue weighted by Gasteiger charge is 2.45. The van der Waals surface area contributed by atoms with E-state index in [9.17, 15) is 4.79 Å². The van der Waals surface area contributed by atoms with Crippen LogP contribution in [0.5, 0.6) is 0 Å². The summed E-state index contributed by atoms with van der Waals surface area (Å²) in [6, 6.07) is 5.77. The average Bonchev–Trinajstić information content (AvgIpc) is 2.67. The van der Waals surface area contributed by atoms with E-state index in [-0.39, 0.29) is 11.9 Å². The quantitative estimate of drug-likeness (QED) is 0.893. The SMILES string of the molecule is Cc1cccc(Cl)c1C(=O)N[C@H]1C[C@@H]2OCC[C@H]12. The standard InChI is InChI=1S/C14H16ClNO2/c1-8-3-2-4-10(15)13(8)14(17)16-11-7-12-9(11)5-6-18-12/h2-4,9,11-12H,5-7H2,1H3,(H,16,17)/t9-,11+,12+/m1/s1. The molecule has 1 aromatic rings. The number of hydrogen-bond acceptors (Lipinski definition) is 2. The fourth-order valence-electron chi connectivity index (χ4n) is 2.92. The smallest absolute Gasteiger partial charge is 0.253 e. The second-order valence-electron chi connectivity index (χ2n) is 5.11. The summed E-state index contributed by atoms with van der Waals surface area (Å²) in [5.41, 5.74) is 1.51. The second-order valence-corrected chi connectivity index (χ2v) is 5.52. The molecule has 1 amide bonds. The normalized spacial score (nSPS) is 29.6. The maximum atomic E-state index is 12.2. The number of halogens is 1. The van der Waals surface area contributed by atoms with Crippen LogP contribution < -0.4 is 5.32 Å². The molecule has 4 heteroatoms. The van der Waals surface area contributed by atoms with Gasteiger partial charge in [-0.25, -0.2) is 0 Å². The van der Waals surface area contributed by atoms with Gasteiger partial charge >= 0.3 is 0 Å². The van der Waals surface area contributed by atoms with Gasteiger partial charge in [-0.2, -0.15) is 0 Å². The van der Waals surface area contributed by atoms with Gasteiger partial charge in [-0.05, 0) is 31.4 Å². The first-order chi connectivity index (χ1) is 8.66. The Hall–Kier alpha value is -1.06. The largest absolute Gasteiger partial charge is 0.378 e. The minimum atomic E-state index is -0.0616. The Kier molecular flexibility index (Phi) is 3.04. The molecule has 1 heterocycles. The van der Waals surface area contributed by atoms with Gasteiger partial charge in [0.2, 0.25) is 0 Å². The first-order valence-electron chi connectivity index (χ1n) is 6.34. The number of benzene rings is 1. The Bertz CT molecular complexity index is 468. The molecule has 3 rings (SSSR count). The molecule has 96 valence electrons. The van der Waals surface area contributed by atoms with E-state index < -0.39 is 0 Å². The van der Waals surface area contributed by atoms with Crippen LogP contribution in [0, 0.1) is 12.8 Å². The van der Waals surface area contributed by atoms with Crippen molar-refractivity contribution >= 4 is 17.5 Å². The zero-order chi connectivity index (χ0) is 12.7. The molecule has 3 nitrogen and oxygen atoms in total. The summed E-state index contributed by atoms with van der Waals surface area (Å²) < 4.78 is 5.54. The lowest BCUT2D eigenvalue weighted by atomic mass is 9.76. The molecule has 2 fully saturated rings. The van der Waals surface area contributed by atoms with Gasteiger partial charge in [0.05, 0.1) is 16.7 Å². The van der Waals surface area contributed by atoms with Crippen molar-refractivity contribution in [3.05, 3.63) is 34.3 Å². The summed E-state index contributed by atoms with van der Waals surface area (Å²) >= 11 is 6.09. The number of rotatable bonds is 2. The third-order valence-corrected chi connectivity index (χ3v) is 4.34. The Labute approximate surface area is 111 Å². The predicted octanol–water partition coefficient (Wildman–Crippen LogP) is 2.56. The van der Waals surface area contributed by atoms with Crippen molar-refractivity contribution < 1.29 is 9.53 Å². The van der Waals surface area contributed by atoms with Crippen molar-refractivity contribution in [3.8, 4) is 0 Å². The van der Waals surface area contributed by atoms with Gasteiger partial charge in [0.1, 0.15) is 0 Å². The van der Waals surface area contributed by atoms with Crippen LogP contribution in [-0.2, 0) is 4.74 Å². The number of hydrogen-bond donors (Lipinski definition) is 1. The second kappa shape index (κ2) is 4.56. The van der Waals surface area contributed by atoms with Gasteiger partial charge in [0.25, 0.3) is 5.91 Å². The lowest BCUT2D eigenvalue weighted by molar-refractivity contribution is 0.00809. The molecule has 1 saturated carbocycles. The van der Waals surface area contributed by atoms with Crippen molar-refractivity contribution in [1.82, 2.24) is 5.32 Å². The fraction of sp³-hybridized carbons (Fsp3) is 0.500. The molecule has 0 radical (unpaired) electrons. The van der Waals surface area contributed by atoms with Crippen LogP contribution in [0.2, 0.25) is 5.02 Å². The van der Waals surface area contributed by atoms with Crippen molar-refractivity contribution in [2.24, 2.45) is 5.92 Å². The zero-order valence-electron chi connectivity index (χ0n) is 10.3. The topological polar surface area (TPSA) is 38.3 Å². The Morgan fingerprint density at radius 2 is 2.33 bits per heavy atom. The number of carbonyl (C=O) groups excluding carboxylic acids is 1. The summed E-state index contributed by atoms with van der Waals surface area (Å²) in [4.78, 5) is 12.2. The maximum absolute atomic E-state index is 12.2. The van der Waals surface area contributed by atoms with Crippen LogP contribution in [0.15, 0.2) is 18.2 Å². The van der Waals surface area contributed by atoms with E-state index >= 15 is 0 Å². The molecule has 0 spiro atoms. The molecular weight excluding hydrogens is 250 g/mol. The van der Waals surface area contributed by atoms with E-state index in [0.29, 0.717) is 22.6 Å². The van der Waals surface area contributed by atoms with Crippen LogP contribution in [0.4, 0.5) is 0 Å². The highest BCUT2D eigenvalue weighted by molar-refractivity contribution is 6.34. The number of ether oxygens (including phenoxy) is 1. The molecule has 2 aliphatic rings. The minimum absolute atomic E-state index is 0.0616. The van der Waals surface area contributed by atoms with Gasteiger partial charge in [-0.1, -0.05) is 23.7 Å². The zero-order valence-corrected chi connectivity index (χ0v) is 11.0. The molecule has 0 unspecified atom stereocenters. The van der Waals surface area contributed by atoms with E-state index in [1.54, 1.807) is 6.07 Å². The summed E-state index contributed by atoms with van der Waals surface area (Å²) in [6.07, 6.45) is 2.35. The van der Waals surface area contributed by atoms with Crippen molar-refractivity contribution in [1.29, 1.82) is 0 Å². The predicted molar refractivity (Wildman–Crippen MR) is 69.9 cm³/mol. The Morgan fingerprint density at radius 1 is 1.50 bits per heavy atom. The van der Waals surface area contributed by atoms with Crippen LogP contribution >= 0.6 is 11.6 Å². The molecular formula is C14H16ClNO2. The highest BCUT2D eigenvalue weighted by atomic mass is 35.5. The summed E-state index contributed by atoms with van der Waals surface area (Å²) in [7, 11) is 0. The molecule has 1 aliphatic carbocycles. The number of amides is 1. The van der Waals surface area contributed by atoms with Gasteiger partial charge in [-0.15, -0.1) is 0 Å². The van der Waals surface area contributed by atoms with Gasteiger partial charge in [-0.3, -0.25) is 4.79 Å². The molecule has 1 aliphatic heterocycles. The maximum Gasteiger partial charge on any atom is 0.253 e. The lowest BCUT2D eigenvalue weighted by Crippen LogP contribution is -2.53. The molecule has 0 bridgehead atoms. The van der Waals surface area contributed by atoms with E-state index in [1.165, 1.54) is 0 Å². The van der Waals surface area contributed by atoms with Crippen molar-refractivity contribution in [2.75, 3.05) is 6.61 Å². The molecule has 18 heavy (non-hydrogen) atoms. The Morgan fingerprint density at radius 3 is 3.06 bits per heavy atom. The fourth-order valence-corrected chi connectivity index (χ4v) is 3.23. The first-order valence-corrected chi connectivity index (χ1v) is 6.72. The summed E-state index contributed by atoms with van der Waals surface area (Å²) in [6.45, 7) is 2.73. The van der Waals surface area contributed by atoms with E-state index in [2.05, 4.69) is 5.32 Å². The van der Waals surface area contributed by atoms with Gasteiger partial charge < -0.3 is 10.1 Å². The molecule has 1 saturated heterocycles. The van der Waals surface area contributed by atoms with Crippen LogP contribution in [0.1, 0.15) is 28.8 Å². The number of nitrogens with one attached hydrogen (secondary N) is 1. The van der Waals surface area contributed by atoms with Crippen molar-refractivity contribution in [2.45, 2.75) is 31.9 Å². The number of carbonyl (C=O) groups is 1.